The maximum atomic E-state index is 10.8. The molecule has 0 aliphatic carbocycles. The molecule has 1 aromatic rings. The summed E-state index contributed by atoms with van der Waals surface area (Å²) in [5.41, 5.74) is 2.19. The van der Waals surface area contributed by atoms with Crippen LogP contribution in [-0.2, 0) is 4.79 Å². The number of benzene rings is 1. The van der Waals surface area contributed by atoms with Crippen molar-refractivity contribution < 1.29 is 9.90 Å². The van der Waals surface area contributed by atoms with E-state index in [1.165, 1.54) is 11.6 Å². The monoisotopic (exact) mass is 274 g/mol. The Bertz CT molecular complexity index is 485. The van der Waals surface area contributed by atoms with Crippen LogP contribution in [0.15, 0.2) is 42.0 Å². The van der Waals surface area contributed by atoms with E-state index in [1.807, 2.05) is 13.0 Å². The summed E-state index contributed by atoms with van der Waals surface area (Å²) in [6.45, 7) is 5.54. The van der Waals surface area contributed by atoms with Gasteiger partial charge >= 0.3 is 5.97 Å². The summed E-state index contributed by atoms with van der Waals surface area (Å²) in [4.78, 5) is 15.4. The van der Waals surface area contributed by atoms with Crippen molar-refractivity contribution >= 4 is 5.97 Å². The van der Waals surface area contributed by atoms with Crippen LogP contribution in [0.25, 0.3) is 0 Å². The minimum Gasteiger partial charge on any atom is -0.478 e. The first kappa shape index (κ1) is 14.8. The molecule has 1 fully saturated rings. The Balaban J connectivity index is 2.15. The zero-order valence-corrected chi connectivity index (χ0v) is 12.1. The predicted molar refractivity (Wildman–Crippen MR) is 79.6 cm³/mol. The molecular formula is C16H22N2O2. The van der Waals surface area contributed by atoms with Crippen molar-refractivity contribution in [3.05, 3.63) is 47.5 Å². The smallest absolute Gasteiger partial charge is 0.328 e. The fraction of sp³-hybridized carbons (Fsp3) is 0.438. The van der Waals surface area contributed by atoms with Gasteiger partial charge in [0.1, 0.15) is 0 Å². The molecule has 1 N–H and O–H groups in total. The Morgan fingerprint density at radius 1 is 1.35 bits per heavy atom. The van der Waals surface area contributed by atoms with Crippen LogP contribution < -0.4 is 0 Å². The van der Waals surface area contributed by atoms with E-state index >= 15 is 0 Å². The van der Waals surface area contributed by atoms with E-state index in [0.29, 0.717) is 12.6 Å². The summed E-state index contributed by atoms with van der Waals surface area (Å²) in [6, 6.07) is 10.8. The van der Waals surface area contributed by atoms with Gasteiger partial charge in [-0.15, -0.1) is 0 Å². The average Bonchev–Trinajstić information content (AvgIpc) is 2.41. The zero-order valence-electron chi connectivity index (χ0n) is 12.1. The normalized spacial score (nSPS) is 21.9. The molecule has 0 saturated carbocycles. The van der Waals surface area contributed by atoms with Crippen LogP contribution in [0.4, 0.5) is 0 Å². The minimum atomic E-state index is -0.868. The third kappa shape index (κ3) is 3.92. The first-order valence-corrected chi connectivity index (χ1v) is 6.94. The Labute approximate surface area is 120 Å². The van der Waals surface area contributed by atoms with Gasteiger partial charge in [-0.3, -0.25) is 4.90 Å². The van der Waals surface area contributed by atoms with Crippen LogP contribution >= 0.6 is 0 Å². The third-order valence-corrected chi connectivity index (χ3v) is 3.70. The van der Waals surface area contributed by atoms with Crippen molar-refractivity contribution in [3.8, 4) is 0 Å². The predicted octanol–water partition coefficient (Wildman–Crippen LogP) is 2.01. The molecule has 108 valence electrons. The molecule has 1 aliphatic heterocycles. The van der Waals surface area contributed by atoms with Crippen molar-refractivity contribution in [2.24, 2.45) is 0 Å². The number of hydrogen-bond donors (Lipinski definition) is 1. The number of carboxylic acid groups (broad SMARTS) is 1. The minimum absolute atomic E-state index is 0.326. The lowest BCUT2D eigenvalue weighted by Crippen LogP contribution is -2.47. The van der Waals surface area contributed by atoms with Gasteiger partial charge in [0.2, 0.25) is 0 Å². The standard InChI is InChI=1S/C16H22N2O2/c1-13(10-16(19)20)11-18-9-8-17(2)12-15(18)14-6-4-3-5-7-14/h3-7,10,15H,8-9,11-12H2,1-2H3,(H,19,20). The van der Waals surface area contributed by atoms with Gasteiger partial charge in [-0.05, 0) is 19.5 Å². The summed E-state index contributed by atoms with van der Waals surface area (Å²) < 4.78 is 0. The number of hydrogen-bond acceptors (Lipinski definition) is 3. The van der Waals surface area contributed by atoms with Crippen LogP contribution in [-0.4, -0.2) is 54.1 Å². The fourth-order valence-electron chi connectivity index (χ4n) is 2.71. The molecule has 1 aromatic carbocycles. The van der Waals surface area contributed by atoms with Crippen LogP contribution in [0.5, 0.6) is 0 Å². The van der Waals surface area contributed by atoms with E-state index in [9.17, 15) is 4.79 Å². The average molecular weight is 274 g/mol. The van der Waals surface area contributed by atoms with Crippen LogP contribution in [0.3, 0.4) is 0 Å². The number of carboxylic acids is 1. The van der Waals surface area contributed by atoms with Gasteiger partial charge in [0.05, 0.1) is 0 Å². The molecule has 20 heavy (non-hydrogen) atoms. The molecular weight excluding hydrogens is 252 g/mol. The highest BCUT2D eigenvalue weighted by Crippen LogP contribution is 2.25. The number of carbonyl (C=O) groups is 1. The summed E-state index contributed by atoms with van der Waals surface area (Å²) in [7, 11) is 2.13. The van der Waals surface area contributed by atoms with Crippen molar-refractivity contribution in [3.63, 3.8) is 0 Å². The van der Waals surface area contributed by atoms with Gasteiger partial charge in [0, 0.05) is 38.3 Å². The molecule has 0 radical (unpaired) electrons. The van der Waals surface area contributed by atoms with Crippen LogP contribution in [0.2, 0.25) is 0 Å². The fourth-order valence-corrected chi connectivity index (χ4v) is 2.71. The van der Waals surface area contributed by atoms with E-state index in [1.54, 1.807) is 0 Å². The molecule has 0 amide bonds. The molecule has 0 spiro atoms. The van der Waals surface area contributed by atoms with Gasteiger partial charge in [0.25, 0.3) is 0 Å². The number of nitrogens with zero attached hydrogens (tertiary/aromatic N) is 2. The SMILES string of the molecule is CC(=CC(=O)O)CN1CCN(C)CC1c1ccccc1. The van der Waals surface area contributed by atoms with E-state index < -0.39 is 5.97 Å². The first-order chi connectivity index (χ1) is 9.56. The second-order valence-electron chi connectivity index (χ2n) is 5.49. The lowest BCUT2D eigenvalue weighted by Gasteiger charge is -2.40. The van der Waals surface area contributed by atoms with Crippen molar-refractivity contribution in [2.45, 2.75) is 13.0 Å². The van der Waals surface area contributed by atoms with Gasteiger partial charge < -0.3 is 10.0 Å². The molecule has 0 bridgehead atoms. The Kier molecular flexibility index (Phi) is 4.93. The Morgan fingerprint density at radius 2 is 2.05 bits per heavy atom. The van der Waals surface area contributed by atoms with Gasteiger partial charge in [-0.25, -0.2) is 4.79 Å². The number of aliphatic carboxylic acids is 1. The summed E-state index contributed by atoms with van der Waals surface area (Å²) in [6.07, 6.45) is 1.31. The number of piperazine rings is 1. The van der Waals surface area contributed by atoms with Crippen LogP contribution in [0, 0.1) is 0 Å². The summed E-state index contributed by atoms with van der Waals surface area (Å²) in [5, 5.41) is 8.84. The highest BCUT2D eigenvalue weighted by atomic mass is 16.4. The van der Waals surface area contributed by atoms with E-state index in [4.69, 9.17) is 5.11 Å². The molecule has 4 nitrogen and oxygen atoms in total. The molecule has 0 aromatic heterocycles. The van der Waals surface area contributed by atoms with Gasteiger partial charge in [0.15, 0.2) is 0 Å². The highest BCUT2D eigenvalue weighted by Gasteiger charge is 2.26. The van der Waals surface area contributed by atoms with Crippen molar-refractivity contribution in [1.82, 2.24) is 9.80 Å². The molecule has 1 saturated heterocycles. The second kappa shape index (κ2) is 6.68. The van der Waals surface area contributed by atoms with Crippen LogP contribution in [0.1, 0.15) is 18.5 Å². The van der Waals surface area contributed by atoms with Crippen molar-refractivity contribution in [1.29, 1.82) is 0 Å². The molecule has 1 heterocycles. The van der Waals surface area contributed by atoms with E-state index in [-0.39, 0.29) is 0 Å². The molecule has 4 heteroatoms. The lowest BCUT2D eigenvalue weighted by atomic mass is 10.0. The maximum absolute atomic E-state index is 10.8. The topological polar surface area (TPSA) is 43.8 Å². The molecule has 2 rings (SSSR count). The molecule has 1 unspecified atom stereocenters. The quantitative estimate of drug-likeness (QED) is 0.853. The Morgan fingerprint density at radius 3 is 2.70 bits per heavy atom. The zero-order chi connectivity index (χ0) is 14.5. The molecule has 1 aliphatic rings. The number of likely N-dealkylation sites (N-methyl/N-ethyl adjacent to an activating group) is 1. The Hall–Kier alpha value is -1.65. The van der Waals surface area contributed by atoms with Crippen molar-refractivity contribution in [2.75, 3.05) is 33.2 Å². The molecule has 1 atom stereocenters. The second-order valence-corrected chi connectivity index (χ2v) is 5.49. The van der Waals surface area contributed by atoms with E-state index in [2.05, 4.69) is 41.1 Å². The van der Waals surface area contributed by atoms with E-state index in [0.717, 1.165) is 25.2 Å². The highest BCUT2D eigenvalue weighted by molar-refractivity contribution is 5.80. The van der Waals surface area contributed by atoms with Gasteiger partial charge in [-0.1, -0.05) is 35.9 Å². The lowest BCUT2D eigenvalue weighted by molar-refractivity contribution is -0.131. The summed E-state index contributed by atoms with van der Waals surface area (Å²) in [5.74, 6) is -0.868. The third-order valence-electron chi connectivity index (χ3n) is 3.70. The summed E-state index contributed by atoms with van der Waals surface area (Å²) >= 11 is 0. The maximum Gasteiger partial charge on any atom is 0.328 e. The van der Waals surface area contributed by atoms with Gasteiger partial charge in [-0.2, -0.15) is 0 Å². The number of rotatable bonds is 4. The largest absolute Gasteiger partial charge is 0.478 e. The first-order valence-electron chi connectivity index (χ1n) is 6.94.